The number of rotatable bonds is 4. The highest BCUT2D eigenvalue weighted by atomic mass is 16.5. The first kappa shape index (κ1) is 16.5. The van der Waals surface area contributed by atoms with Gasteiger partial charge in [0.2, 0.25) is 5.91 Å². The molecule has 1 heterocycles. The minimum atomic E-state index is -0.317. The third kappa shape index (κ3) is 4.06. The number of aryl methyl sites for hydroxylation is 2. The summed E-state index contributed by atoms with van der Waals surface area (Å²) >= 11 is 0. The number of pyridine rings is 1. The molecule has 6 heteroatoms. The zero-order chi connectivity index (χ0) is 17.0. The van der Waals surface area contributed by atoms with Crippen LogP contribution in [0.4, 0.5) is 5.69 Å². The maximum Gasteiger partial charge on any atom is 0.254 e. The lowest BCUT2D eigenvalue weighted by Gasteiger charge is -2.18. The van der Waals surface area contributed by atoms with Crippen molar-refractivity contribution in [2.24, 2.45) is 0 Å². The van der Waals surface area contributed by atoms with E-state index in [0.29, 0.717) is 10.3 Å². The van der Waals surface area contributed by atoms with E-state index in [1.54, 1.807) is 7.05 Å². The van der Waals surface area contributed by atoms with E-state index in [0.717, 1.165) is 16.8 Å². The van der Waals surface area contributed by atoms with Gasteiger partial charge >= 0.3 is 0 Å². The summed E-state index contributed by atoms with van der Waals surface area (Å²) < 4.78 is 0.602. The van der Waals surface area contributed by atoms with E-state index in [9.17, 15) is 14.8 Å². The summed E-state index contributed by atoms with van der Waals surface area (Å²) in [7, 11) is 1.55. The van der Waals surface area contributed by atoms with E-state index in [1.165, 1.54) is 29.4 Å². The number of likely N-dealkylation sites (N-methyl/N-ethyl adjacent to an activating group) is 1. The van der Waals surface area contributed by atoms with E-state index < -0.39 is 0 Å². The molecule has 0 spiro atoms. The minimum Gasteiger partial charge on any atom is -0.619 e. The molecule has 0 unspecified atom stereocenters. The Morgan fingerprint density at radius 1 is 1.13 bits per heavy atom. The van der Waals surface area contributed by atoms with Crippen LogP contribution < -0.4 is 10.0 Å². The number of hydrogen-bond donors (Lipinski definition) is 1. The van der Waals surface area contributed by atoms with Gasteiger partial charge in [-0.15, -0.1) is 0 Å². The second-order valence-electron chi connectivity index (χ2n) is 5.42. The van der Waals surface area contributed by atoms with Crippen LogP contribution in [0, 0.1) is 19.1 Å². The third-order valence-corrected chi connectivity index (χ3v) is 3.52. The van der Waals surface area contributed by atoms with Crippen molar-refractivity contribution in [3.8, 4) is 0 Å². The molecule has 2 aromatic rings. The van der Waals surface area contributed by atoms with Crippen molar-refractivity contribution in [3.63, 3.8) is 0 Å². The quantitative estimate of drug-likeness (QED) is 0.689. The first-order valence-corrected chi connectivity index (χ1v) is 7.19. The van der Waals surface area contributed by atoms with Crippen molar-refractivity contribution < 1.29 is 14.3 Å². The van der Waals surface area contributed by atoms with Gasteiger partial charge in [0.1, 0.15) is 0 Å². The molecule has 0 fully saturated rings. The number of nitrogens with one attached hydrogen (secondary N) is 1. The Hall–Kier alpha value is -2.89. The smallest absolute Gasteiger partial charge is 0.254 e. The number of benzene rings is 1. The van der Waals surface area contributed by atoms with Crippen LogP contribution in [0.5, 0.6) is 0 Å². The number of nitrogens with zero attached hydrogens (tertiary/aromatic N) is 2. The van der Waals surface area contributed by atoms with Gasteiger partial charge in [-0.2, -0.15) is 4.73 Å². The van der Waals surface area contributed by atoms with Crippen molar-refractivity contribution in [2.45, 2.75) is 13.8 Å². The highest BCUT2D eigenvalue weighted by Gasteiger charge is 2.16. The minimum absolute atomic E-state index is 0.0706. The monoisotopic (exact) mass is 313 g/mol. The summed E-state index contributed by atoms with van der Waals surface area (Å²) in [5.74, 6) is -0.588. The van der Waals surface area contributed by atoms with Crippen LogP contribution in [-0.2, 0) is 4.79 Å². The topological polar surface area (TPSA) is 76.4 Å². The van der Waals surface area contributed by atoms with Gasteiger partial charge in [-0.05, 0) is 25.0 Å². The standard InChI is InChI=1S/C17H19N3O3/c1-12-5-4-6-13(2)16(12)18-15(21)11-19(3)17(22)14-7-9-20(23)10-8-14/h4-10H,11H2,1-3H3,(H,18,21). The molecule has 2 amide bonds. The van der Waals surface area contributed by atoms with Gasteiger partial charge in [0, 0.05) is 24.9 Å². The molecule has 0 aliphatic carbocycles. The maximum absolute atomic E-state index is 12.2. The van der Waals surface area contributed by atoms with Crippen molar-refractivity contribution in [3.05, 3.63) is 64.6 Å². The van der Waals surface area contributed by atoms with Gasteiger partial charge in [-0.3, -0.25) is 9.59 Å². The molecule has 0 bridgehead atoms. The van der Waals surface area contributed by atoms with Crippen LogP contribution in [0.1, 0.15) is 21.5 Å². The SMILES string of the molecule is Cc1cccc(C)c1NC(=O)CN(C)C(=O)c1cc[n+]([O-])cc1. The molecule has 1 aromatic carbocycles. The highest BCUT2D eigenvalue weighted by Crippen LogP contribution is 2.19. The summed E-state index contributed by atoms with van der Waals surface area (Å²) in [6, 6.07) is 8.61. The summed E-state index contributed by atoms with van der Waals surface area (Å²) in [6.07, 6.45) is 2.50. The van der Waals surface area contributed by atoms with E-state index in [-0.39, 0.29) is 18.4 Å². The molecule has 23 heavy (non-hydrogen) atoms. The van der Waals surface area contributed by atoms with Crippen LogP contribution in [0.25, 0.3) is 0 Å². The third-order valence-electron chi connectivity index (χ3n) is 3.52. The molecule has 120 valence electrons. The normalized spacial score (nSPS) is 10.2. The predicted molar refractivity (Wildman–Crippen MR) is 86.9 cm³/mol. The second kappa shape index (κ2) is 6.91. The molecule has 6 nitrogen and oxygen atoms in total. The molecular formula is C17H19N3O3. The Labute approximate surface area is 134 Å². The molecule has 1 N–H and O–H groups in total. The Balaban J connectivity index is 2.02. The van der Waals surface area contributed by atoms with Crippen molar-refractivity contribution in [1.29, 1.82) is 0 Å². The van der Waals surface area contributed by atoms with E-state index in [4.69, 9.17) is 0 Å². The number of amides is 2. The van der Waals surface area contributed by atoms with Gasteiger partial charge in [-0.1, -0.05) is 18.2 Å². The molecule has 2 rings (SSSR count). The number of aromatic nitrogens is 1. The van der Waals surface area contributed by atoms with Gasteiger partial charge in [-0.25, -0.2) is 0 Å². The number of carbonyl (C=O) groups is 2. The zero-order valence-electron chi connectivity index (χ0n) is 13.4. The van der Waals surface area contributed by atoms with Gasteiger partial charge in [0.05, 0.1) is 12.1 Å². The van der Waals surface area contributed by atoms with E-state index in [1.807, 2.05) is 32.0 Å². The second-order valence-corrected chi connectivity index (χ2v) is 5.42. The van der Waals surface area contributed by atoms with Crippen LogP contribution in [0.2, 0.25) is 0 Å². The summed E-state index contributed by atoms with van der Waals surface area (Å²) in [6.45, 7) is 3.76. The van der Waals surface area contributed by atoms with Crippen LogP contribution >= 0.6 is 0 Å². The fraction of sp³-hybridized carbons (Fsp3) is 0.235. The fourth-order valence-electron chi connectivity index (χ4n) is 2.25. The summed E-state index contributed by atoms with van der Waals surface area (Å²) in [5, 5.41) is 13.8. The summed E-state index contributed by atoms with van der Waals surface area (Å²) in [4.78, 5) is 25.7. The van der Waals surface area contributed by atoms with Gasteiger partial charge < -0.3 is 15.4 Å². The fourth-order valence-corrected chi connectivity index (χ4v) is 2.25. The highest BCUT2D eigenvalue weighted by molar-refractivity contribution is 5.99. The van der Waals surface area contributed by atoms with Crippen LogP contribution in [0.15, 0.2) is 42.7 Å². The van der Waals surface area contributed by atoms with Crippen molar-refractivity contribution in [2.75, 3.05) is 18.9 Å². The number of carbonyl (C=O) groups excluding carboxylic acids is 2. The summed E-state index contributed by atoms with van der Waals surface area (Å²) in [5.41, 5.74) is 3.07. The molecule has 0 saturated heterocycles. The Bertz CT molecular complexity index is 706. The first-order valence-electron chi connectivity index (χ1n) is 7.19. The molecule has 0 aliphatic heterocycles. The van der Waals surface area contributed by atoms with Crippen LogP contribution in [-0.4, -0.2) is 30.3 Å². The Morgan fingerprint density at radius 3 is 2.26 bits per heavy atom. The van der Waals surface area contributed by atoms with Gasteiger partial charge in [0.15, 0.2) is 12.4 Å². The molecule has 0 atom stereocenters. The van der Waals surface area contributed by atoms with E-state index >= 15 is 0 Å². The molecule has 1 aromatic heterocycles. The van der Waals surface area contributed by atoms with Gasteiger partial charge in [0.25, 0.3) is 5.91 Å². The average molecular weight is 313 g/mol. The lowest BCUT2D eigenvalue weighted by molar-refractivity contribution is -0.605. The number of anilines is 1. The Kier molecular flexibility index (Phi) is 4.95. The molecular weight excluding hydrogens is 294 g/mol. The first-order chi connectivity index (χ1) is 10.9. The van der Waals surface area contributed by atoms with Crippen molar-refractivity contribution in [1.82, 2.24) is 4.90 Å². The molecule has 0 aliphatic rings. The lowest BCUT2D eigenvalue weighted by atomic mass is 10.1. The molecule has 0 radical (unpaired) electrons. The Morgan fingerprint density at radius 2 is 1.70 bits per heavy atom. The maximum atomic E-state index is 12.2. The molecule has 0 saturated carbocycles. The largest absolute Gasteiger partial charge is 0.619 e. The van der Waals surface area contributed by atoms with E-state index in [2.05, 4.69) is 5.32 Å². The average Bonchev–Trinajstić information content (AvgIpc) is 2.51. The number of hydrogen-bond acceptors (Lipinski definition) is 3. The zero-order valence-corrected chi connectivity index (χ0v) is 13.4. The van der Waals surface area contributed by atoms with Crippen molar-refractivity contribution >= 4 is 17.5 Å². The van der Waals surface area contributed by atoms with Crippen LogP contribution in [0.3, 0.4) is 0 Å². The number of para-hydroxylation sites is 1. The lowest BCUT2D eigenvalue weighted by Crippen LogP contribution is -2.35. The predicted octanol–water partition coefficient (Wildman–Crippen LogP) is 1.65.